The molecule has 1 N–H and O–H groups in total. The number of ether oxygens (including phenoxy) is 1. The fourth-order valence-corrected chi connectivity index (χ4v) is 4.13. The highest BCUT2D eigenvalue weighted by Gasteiger charge is 2.29. The average molecular weight is 433 g/mol. The molecule has 32 heavy (non-hydrogen) atoms. The van der Waals surface area contributed by atoms with Gasteiger partial charge in [0.2, 0.25) is 5.89 Å². The van der Waals surface area contributed by atoms with Gasteiger partial charge in [-0.1, -0.05) is 11.2 Å². The van der Waals surface area contributed by atoms with Crippen molar-refractivity contribution in [2.75, 3.05) is 12.4 Å². The normalized spacial score (nSPS) is 14.7. The number of aryl methyl sites for hydroxylation is 3. The van der Waals surface area contributed by atoms with Crippen molar-refractivity contribution in [1.29, 1.82) is 0 Å². The summed E-state index contributed by atoms with van der Waals surface area (Å²) < 4.78 is 12.7. The van der Waals surface area contributed by atoms with Crippen LogP contribution in [0.5, 0.6) is 5.75 Å². The van der Waals surface area contributed by atoms with Crippen molar-refractivity contribution in [2.45, 2.75) is 58.9 Å². The van der Waals surface area contributed by atoms with Crippen LogP contribution in [-0.2, 0) is 6.42 Å². The molecule has 0 saturated heterocycles. The number of anilines is 1. The molecule has 8 heteroatoms. The Labute approximate surface area is 187 Å². The summed E-state index contributed by atoms with van der Waals surface area (Å²) in [6, 6.07) is 8.19. The number of methoxy groups -OCH3 is 1. The second kappa shape index (κ2) is 7.93. The molecule has 1 aliphatic carbocycles. The first-order chi connectivity index (χ1) is 15.4. The summed E-state index contributed by atoms with van der Waals surface area (Å²) in [6.07, 6.45) is 2.97. The van der Waals surface area contributed by atoms with Crippen LogP contribution in [0.25, 0.3) is 16.8 Å². The van der Waals surface area contributed by atoms with E-state index in [0.29, 0.717) is 18.2 Å². The van der Waals surface area contributed by atoms with Crippen LogP contribution in [0.2, 0.25) is 0 Å². The van der Waals surface area contributed by atoms with E-state index >= 15 is 0 Å². The molecule has 4 aromatic rings. The van der Waals surface area contributed by atoms with Crippen molar-refractivity contribution in [1.82, 2.24) is 24.7 Å². The minimum Gasteiger partial charge on any atom is -0.497 e. The lowest BCUT2D eigenvalue weighted by Crippen LogP contribution is -2.20. The third-order valence-corrected chi connectivity index (χ3v) is 5.90. The SMILES string of the molecule is COc1ccc(-c2c(C)nn3c(N[C@H](C)Cc4nc(C5CC5)no4)cc(C)nc23)c(C)c1. The van der Waals surface area contributed by atoms with E-state index in [2.05, 4.69) is 35.4 Å². The maximum absolute atomic E-state index is 5.45. The van der Waals surface area contributed by atoms with Crippen LogP contribution < -0.4 is 10.1 Å². The smallest absolute Gasteiger partial charge is 0.228 e. The largest absolute Gasteiger partial charge is 0.497 e. The van der Waals surface area contributed by atoms with Gasteiger partial charge in [-0.05, 0) is 63.8 Å². The van der Waals surface area contributed by atoms with E-state index < -0.39 is 0 Å². The van der Waals surface area contributed by atoms with E-state index in [1.54, 1.807) is 7.11 Å². The Bertz CT molecular complexity index is 1290. The van der Waals surface area contributed by atoms with Crippen molar-refractivity contribution < 1.29 is 9.26 Å². The first-order valence-corrected chi connectivity index (χ1v) is 11.0. The van der Waals surface area contributed by atoms with Gasteiger partial charge in [0, 0.05) is 35.7 Å². The van der Waals surface area contributed by atoms with Gasteiger partial charge in [0.05, 0.1) is 12.8 Å². The molecule has 8 nitrogen and oxygen atoms in total. The number of fused-ring (bicyclic) bond motifs is 1. The van der Waals surface area contributed by atoms with Crippen LogP contribution in [0.1, 0.15) is 54.3 Å². The van der Waals surface area contributed by atoms with Gasteiger partial charge in [-0.3, -0.25) is 0 Å². The minimum absolute atomic E-state index is 0.0863. The molecule has 0 bridgehead atoms. The van der Waals surface area contributed by atoms with Gasteiger partial charge in [0.25, 0.3) is 0 Å². The number of nitrogens with one attached hydrogen (secondary N) is 1. The van der Waals surface area contributed by atoms with Crippen molar-refractivity contribution in [3.05, 3.63) is 52.9 Å². The van der Waals surface area contributed by atoms with E-state index in [0.717, 1.165) is 64.0 Å². The fourth-order valence-electron chi connectivity index (χ4n) is 4.13. The molecule has 0 aliphatic heterocycles. The molecule has 1 saturated carbocycles. The Balaban J connectivity index is 1.46. The monoisotopic (exact) mass is 432 g/mol. The topological polar surface area (TPSA) is 90.4 Å². The van der Waals surface area contributed by atoms with Gasteiger partial charge < -0.3 is 14.6 Å². The average Bonchev–Trinajstić information content (AvgIpc) is 3.41. The predicted molar refractivity (Wildman–Crippen MR) is 122 cm³/mol. The molecule has 3 aromatic heterocycles. The molecule has 1 aromatic carbocycles. The number of aromatic nitrogens is 5. The third kappa shape index (κ3) is 3.81. The Morgan fingerprint density at radius 3 is 2.72 bits per heavy atom. The Morgan fingerprint density at radius 1 is 1.19 bits per heavy atom. The first kappa shape index (κ1) is 20.5. The predicted octanol–water partition coefficient (Wildman–Crippen LogP) is 4.63. The zero-order valence-corrected chi connectivity index (χ0v) is 19.1. The molecule has 0 radical (unpaired) electrons. The molecule has 1 fully saturated rings. The maximum atomic E-state index is 5.45. The summed E-state index contributed by atoms with van der Waals surface area (Å²) in [5, 5.41) is 12.5. The van der Waals surface area contributed by atoms with Crippen molar-refractivity contribution >= 4 is 11.5 Å². The zero-order chi connectivity index (χ0) is 22.4. The van der Waals surface area contributed by atoms with Crippen molar-refractivity contribution in [3.63, 3.8) is 0 Å². The Kier molecular flexibility index (Phi) is 5.07. The molecule has 0 amide bonds. The van der Waals surface area contributed by atoms with Gasteiger partial charge in [-0.15, -0.1) is 0 Å². The number of hydrogen-bond donors (Lipinski definition) is 1. The van der Waals surface area contributed by atoms with E-state index in [4.69, 9.17) is 19.3 Å². The minimum atomic E-state index is 0.0863. The summed E-state index contributed by atoms with van der Waals surface area (Å²) in [5.74, 6) is 3.73. The molecule has 1 atom stereocenters. The summed E-state index contributed by atoms with van der Waals surface area (Å²) in [7, 11) is 1.68. The summed E-state index contributed by atoms with van der Waals surface area (Å²) >= 11 is 0. The molecule has 3 heterocycles. The van der Waals surface area contributed by atoms with E-state index in [1.807, 2.05) is 36.6 Å². The van der Waals surface area contributed by atoms with Gasteiger partial charge >= 0.3 is 0 Å². The van der Waals surface area contributed by atoms with Gasteiger partial charge in [-0.25, -0.2) is 4.98 Å². The third-order valence-electron chi connectivity index (χ3n) is 5.90. The zero-order valence-electron chi connectivity index (χ0n) is 19.1. The van der Waals surface area contributed by atoms with E-state index in [-0.39, 0.29) is 6.04 Å². The van der Waals surface area contributed by atoms with Crippen LogP contribution >= 0.6 is 0 Å². The number of benzene rings is 1. The van der Waals surface area contributed by atoms with Crippen molar-refractivity contribution in [2.24, 2.45) is 0 Å². The standard InChI is InChI=1S/C24H28N6O2/c1-13-10-18(31-5)8-9-19(13)22-16(4)28-30-20(11-14(2)26-24(22)30)25-15(3)12-21-27-23(29-32-21)17-6-7-17/h8-11,15,17,25H,6-7,12H2,1-5H3/t15-/m1/s1. The van der Waals surface area contributed by atoms with Crippen LogP contribution in [0, 0.1) is 20.8 Å². The maximum Gasteiger partial charge on any atom is 0.228 e. The highest BCUT2D eigenvalue weighted by atomic mass is 16.5. The molecular weight excluding hydrogens is 404 g/mol. The van der Waals surface area contributed by atoms with Gasteiger partial charge in [0.15, 0.2) is 11.5 Å². The molecule has 0 unspecified atom stereocenters. The number of nitrogens with zero attached hydrogens (tertiary/aromatic N) is 5. The number of hydrogen-bond acceptors (Lipinski definition) is 7. The van der Waals surface area contributed by atoms with Crippen LogP contribution in [0.15, 0.2) is 28.8 Å². The Hall–Kier alpha value is -3.42. The lowest BCUT2D eigenvalue weighted by Gasteiger charge is -2.15. The summed E-state index contributed by atoms with van der Waals surface area (Å²) in [5.41, 5.74) is 5.95. The molecule has 0 spiro atoms. The van der Waals surface area contributed by atoms with Gasteiger partial charge in [0.1, 0.15) is 11.6 Å². The summed E-state index contributed by atoms with van der Waals surface area (Å²) in [4.78, 5) is 9.38. The lowest BCUT2D eigenvalue weighted by atomic mass is 10.0. The van der Waals surface area contributed by atoms with Crippen LogP contribution in [-0.4, -0.2) is 37.9 Å². The highest BCUT2D eigenvalue weighted by Crippen LogP contribution is 2.38. The quantitative estimate of drug-likeness (QED) is 0.455. The summed E-state index contributed by atoms with van der Waals surface area (Å²) in [6.45, 7) is 8.21. The van der Waals surface area contributed by atoms with E-state index in [9.17, 15) is 0 Å². The number of rotatable bonds is 7. The second-order valence-electron chi connectivity index (χ2n) is 8.73. The van der Waals surface area contributed by atoms with Gasteiger partial charge in [-0.2, -0.15) is 14.6 Å². The lowest BCUT2D eigenvalue weighted by molar-refractivity contribution is 0.368. The van der Waals surface area contributed by atoms with Crippen molar-refractivity contribution in [3.8, 4) is 16.9 Å². The molecular formula is C24H28N6O2. The van der Waals surface area contributed by atoms with E-state index in [1.165, 1.54) is 0 Å². The first-order valence-electron chi connectivity index (χ1n) is 11.0. The van der Waals surface area contributed by atoms with Crippen LogP contribution in [0.3, 0.4) is 0 Å². The van der Waals surface area contributed by atoms with Crippen LogP contribution in [0.4, 0.5) is 5.82 Å². The Morgan fingerprint density at radius 2 is 2.00 bits per heavy atom. The molecule has 166 valence electrons. The highest BCUT2D eigenvalue weighted by molar-refractivity contribution is 5.83. The molecule has 1 aliphatic rings. The second-order valence-corrected chi connectivity index (χ2v) is 8.73. The fraction of sp³-hybridized carbons (Fsp3) is 0.417. The molecule has 5 rings (SSSR count).